The number of fused-ring (bicyclic) bond motifs is 1. The van der Waals surface area contributed by atoms with Gasteiger partial charge in [-0.1, -0.05) is 32.6 Å². The van der Waals surface area contributed by atoms with E-state index in [1.807, 2.05) is 0 Å². The van der Waals surface area contributed by atoms with E-state index in [2.05, 4.69) is 12.2 Å². The van der Waals surface area contributed by atoms with E-state index in [1.165, 1.54) is 58.0 Å². The first-order valence-corrected chi connectivity index (χ1v) is 7.11. The van der Waals surface area contributed by atoms with E-state index >= 15 is 0 Å². The normalized spacial score (nSPS) is 36.2. The molecule has 0 bridgehead atoms. The van der Waals surface area contributed by atoms with Gasteiger partial charge < -0.3 is 5.32 Å². The first kappa shape index (κ1) is 11.4. The summed E-state index contributed by atoms with van der Waals surface area (Å²) < 4.78 is 0. The summed E-state index contributed by atoms with van der Waals surface area (Å²) in [6, 6.07) is 0. The number of rotatable bonds is 4. The molecule has 1 heteroatoms. The Balaban J connectivity index is 1.71. The van der Waals surface area contributed by atoms with Crippen molar-refractivity contribution in [1.82, 2.24) is 5.32 Å². The Labute approximate surface area is 95.0 Å². The van der Waals surface area contributed by atoms with Gasteiger partial charge in [-0.15, -0.1) is 0 Å². The maximum absolute atomic E-state index is 3.60. The molecule has 0 aromatic heterocycles. The van der Waals surface area contributed by atoms with Gasteiger partial charge in [0.05, 0.1) is 0 Å². The molecule has 0 spiro atoms. The van der Waals surface area contributed by atoms with Gasteiger partial charge in [0.15, 0.2) is 0 Å². The minimum absolute atomic E-state index is 0.996. The van der Waals surface area contributed by atoms with Crippen LogP contribution >= 0.6 is 0 Å². The molecule has 0 saturated heterocycles. The van der Waals surface area contributed by atoms with E-state index in [0.29, 0.717) is 0 Å². The zero-order chi connectivity index (χ0) is 10.5. The van der Waals surface area contributed by atoms with Crippen LogP contribution in [-0.2, 0) is 0 Å². The fraction of sp³-hybridized carbons (Fsp3) is 1.00. The van der Waals surface area contributed by atoms with Crippen LogP contribution in [0, 0.1) is 17.8 Å². The smallest absolute Gasteiger partial charge is 0.00204 e. The molecule has 0 amide bonds. The van der Waals surface area contributed by atoms with Gasteiger partial charge >= 0.3 is 0 Å². The van der Waals surface area contributed by atoms with E-state index in [-0.39, 0.29) is 0 Å². The molecule has 3 atom stereocenters. The van der Waals surface area contributed by atoms with Crippen LogP contribution in [0.1, 0.15) is 58.3 Å². The Morgan fingerprint density at radius 2 is 1.80 bits per heavy atom. The molecule has 0 aromatic carbocycles. The molecule has 0 aromatic rings. The minimum atomic E-state index is 0.996. The largest absolute Gasteiger partial charge is 0.316 e. The lowest BCUT2D eigenvalue weighted by molar-refractivity contribution is 0.129. The lowest BCUT2D eigenvalue weighted by Gasteiger charge is -2.39. The standard InChI is InChI=1S/C14H27N/c1-2-9-15-11-12-7-8-13-5-3-4-6-14(13)10-12/h12-15H,2-11H2,1H3. The van der Waals surface area contributed by atoms with Crippen molar-refractivity contribution >= 4 is 0 Å². The highest BCUT2D eigenvalue weighted by Gasteiger charge is 2.31. The average molecular weight is 209 g/mol. The maximum atomic E-state index is 3.60. The van der Waals surface area contributed by atoms with E-state index in [1.54, 1.807) is 6.42 Å². The Morgan fingerprint density at radius 1 is 1.00 bits per heavy atom. The molecule has 0 heterocycles. The molecule has 1 N–H and O–H groups in total. The van der Waals surface area contributed by atoms with Crippen molar-refractivity contribution in [3.05, 3.63) is 0 Å². The third-order valence-electron chi connectivity index (χ3n) is 4.51. The molecule has 0 aliphatic heterocycles. The molecule has 0 radical (unpaired) electrons. The molecule has 88 valence electrons. The second kappa shape index (κ2) is 5.89. The summed E-state index contributed by atoms with van der Waals surface area (Å²) in [5.41, 5.74) is 0. The van der Waals surface area contributed by atoms with Crippen molar-refractivity contribution < 1.29 is 0 Å². The Bertz CT molecular complexity index is 176. The Kier molecular flexibility index (Phi) is 4.49. The van der Waals surface area contributed by atoms with Crippen LogP contribution in [0.3, 0.4) is 0 Å². The molecule has 2 saturated carbocycles. The van der Waals surface area contributed by atoms with Gasteiger partial charge in [0.25, 0.3) is 0 Å². The van der Waals surface area contributed by atoms with Gasteiger partial charge in [-0.3, -0.25) is 0 Å². The molecule has 2 fully saturated rings. The van der Waals surface area contributed by atoms with Crippen molar-refractivity contribution in [2.75, 3.05) is 13.1 Å². The molecule has 3 unspecified atom stereocenters. The molecular weight excluding hydrogens is 182 g/mol. The highest BCUT2D eigenvalue weighted by atomic mass is 14.9. The fourth-order valence-corrected chi connectivity index (χ4v) is 3.64. The summed E-state index contributed by atoms with van der Waals surface area (Å²) in [7, 11) is 0. The average Bonchev–Trinajstić information content (AvgIpc) is 2.29. The number of hydrogen-bond donors (Lipinski definition) is 1. The van der Waals surface area contributed by atoms with Gasteiger partial charge in [0, 0.05) is 0 Å². The monoisotopic (exact) mass is 209 g/mol. The lowest BCUT2D eigenvalue weighted by Crippen LogP contribution is -2.33. The maximum Gasteiger partial charge on any atom is -0.00204 e. The van der Waals surface area contributed by atoms with Gasteiger partial charge in [0.2, 0.25) is 0 Å². The highest BCUT2D eigenvalue weighted by molar-refractivity contribution is 4.83. The molecule has 2 aliphatic carbocycles. The topological polar surface area (TPSA) is 12.0 Å². The highest BCUT2D eigenvalue weighted by Crippen LogP contribution is 2.42. The summed E-state index contributed by atoms with van der Waals surface area (Å²) >= 11 is 0. The van der Waals surface area contributed by atoms with Crippen LogP contribution in [0.15, 0.2) is 0 Å². The molecule has 1 nitrogen and oxygen atoms in total. The van der Waals surface area contributed by atoms with E-state index in [4.69, 9.17) is 0 Å². The fourth-order valence-electron chi connectivity index (χ4n) is 3.64. The summed E-state index contributed by atoms with van der Waals surface area (Å²) in [5.74, 6) is 3.21. The predicted octanol–water partition coefficient (Wildman–Crippen LogP) is 3.59. The zero-order valence-electron chi connectivity index (χ0n) is 10.3. The Morgan fingerprint density at radius 3 is 2.60 bits per heavy atom. The molecule has 15 heavy (non-hydrogen) atoms. The first-order chi connectivity index (χ1) is 7.40. The van der Waals surface area contributed by atoms with E-state index in [0.717, 1.165) is 17.8 Å². The minimum Gasteiger partial charge on any atom is -0.316 e. The summed E-state index contributed by atoms with van der Waals surface area (Å²) in [6.45, 7) is 4.76. The zero-order valence-corrected chi connectivity index (χ0v) is 10.3. The second-order valence-electron chi connectivity index (χ2n) is 5.69. The van der Waals surface area contributed by atoms with Crippen molar-refractivity contribution in [3.63, 3.8) is 0 Å². The van der Waals surface area contributed by atoms with E-state index < -0.39 is 0 Å². The van der Waals surface area contributed by atoms with Gasteiger partial charge in [0.1, 0.15) is 0 Å². The van der Waals surface area contributed by atoms with Gasteiger partial charge in [-0.2, -0.15) is 0 Å². The van der Waals surface area contributed by atoms with Crippen LogP contribution in [0.5, 0.6) is 0 Å². The van der Waals surface area contributed by atoms with Crippen LogP contribution in [0.25, 0.3) is 0 Å². The van der Waals surface area contributed by atoms with Crippen molar-refractivity contribution in [2.45, 2.75) is 58.3 Å². The molecule has 2 rings (SSSR count). The SMILES string of the molecule is CCCNCC1CCC2CCCCC2C1. The van der Waals surface area contributed by atoms with Crippen molar-refractivity contribution in [2.24, 2.45) is 17.8 Å². The number of nitrogens with one attached hydrogen (secondary N) is 1. The first-order valence-electron chi connectivity index (χ1n) is 7.11. The molecule has 2 aliphatic rings. The predicted molar refractivity (Wildman–Crippen MR) is 65.9 cm³/mol. The van der Waals surface area contributed by atoms with Crippen LogP contribution in [0.4, 0.5) is 0 Å². The van der Waals surface area contributed by atoms with Crippen molar-refractivity contribution in [1.29, 1.82) is 0 Å². The molecular formula is C14H27N. The quantitative estimate of drug-likeness (QED) is 0.698. The number of hydrogen-bond acceptors (Lipinski definition) is 1. The third-order valence-corrected chi connectivity index (χ3v) is 4.51. The third kappa shape index (κ3) is 3.21. The van der Waals surface area contributed by atoms with Gasteiger partial charge in [-0.25, -0.2) is 0 Å². The van der Waals surface area contributed by atoms with Crippen LogP contribution in [0.2, 0.25) is 0 Å². The summed E-state index contributed by atoms with van der Waals surface area (Å²) in [4.78, 5) is 0. The van der Waals surface area contributed by atoms with Crippen molar-refractivity contribution in [3.8, 4) is 0 Å². The Hall–Kier alpha value is -0.0400. The van der Waals surface area contributed by atoms with Crippen LogP contribution < -0.4 is 5.32 Å². The summed E-state index contributed by atoms with van der Waals surface area (Å²) in [5, 5.41) is 3.60. The second-order valence-corrected chi connectivity index (χ2v) is 5.69. The summed E-state index contributed by atoms with van der Waals surface area (Å²) in [6.07, 6.45) is 11.9. The van der Waals surface area contributed by atoms with Crippen LogP contribution in [-0.4, -0.2) is 13.1 Å². The van der Waals surface area contributed by atoms with Gasteiger partial charge in [-0.05, 0) is 56.5 Å². The lowest BCUT2D eigenvalue weighted by atomic mass is 9.67. The van der Waals surface area contributed by atoms with E-state index in [9.17, 15) is 0 Å².